The number of likely N-dealkylation sites (tertiary alicyclic amines) is 1. The van der Waals surface area contributed by atoms with Crippen LogP contribution < -0.4 is 0 Å². The van der Waals surface area contributed by atoms with Gasteiger partial charge in [0, 0.05) is 24.4 Å². The molecular weight excluding hydrogens is 266 g/mol. The lowest BCUT2D eigenvalue weighted by atomic mass is 10.0. The van der Waals surface area contributed by atoms with Gasteiger partial charge in [0.2, 0.25) is 0 Å². The number of rotatable bonds is 5. The van der Waals surface area contributed by atoms with Gasteiger partial charge in [0.05, 0.1) is 23.2 Å². The molecule has 1 fully saturated rings. The summed E-state index contributed by atoms with van der Waals surface area (Å²) in [7, 11) is 0. The third-order valence-electron chi connectivity index (χ3n) is 3.94. The Hall–Kier alpha value is -0.920. The zero-order valence-electron chi connectivity index (χ0n) is 12.9. The quantitative estimate of drug-likeness (QED) is 0.832. The number of thiazole rings is 1. The molecule has 0 aromatic carbocycles. The van der Waals surface area contributed by atoms with Crippen LogP contribution in [0.15, 0.2) is 0 Å². The lowest BCUT2D eigenvalue weighted by Crippen LogP contribution is -2.35. The standard InChI is InChI=1S/C16H25N3S/c1-12(2)16-14(6-8-17)20-15(18-16)7-10-19-9-4-5-13(3)11-19/h12-13H,4-7,9-11H2,1-3H3. The Bertz CT molecular complexity index is 473. The monoisotopic (exact) mass is 291 g/mol. The van der Waals surface area contributed by atoms with Gasteiger partial charge in [0.15, 0.2) is 0 Å². The van der Waals surface area contributed by atoms with Crippen LogP contribution >= 0.6 is 11.3 Å². The smallest absolute Gasteiger partial charge is 0.0944 e. The van der Waals surface area contributed by atoms with Gasteiger partial charge < -0.3 is 4.90 Å². The average molecular weight is 291 g/mol. The number of nitrogens with zero attached hydrogens (tertiary/aromatic N) is 3. The maximum absolute atomic E-state index is 8.92. The lowest BCUT2D eigenvalue weighted by molar-refractivity contribution is 0.186. The average Bonchev–Trinajstić information content (AvgIpc) is 2.80. The van der Waals surface area contributed by atoms with E-state index >= 15 is 0 Å². The number of piperidine rings is 1. The van der Waals surface area contributed by atoms with E-state index in [-0.39, 0.29) is 0 Å². The zero-order valence-corrected chi connectivity index (χ0v) is 13.7. The van der Waals surface area contributed by atoms with E-state index in [2.05, 4.69) is 31.7 Å². The Balaban J connectivity index is 1.95. The molecule has 0 saturated carbocycles. The van der Waals surface area contributed by atoms with Crippen LogP contribution in [0.3, 0.4) is 0 Å². The maximum atomic E-state index is 8.92. The molecule has 0 aliphatic carbocycles. The molecule has 4 heteroatoms. The number of aromatic nitrogens is 1. The molecule has 1 aromatic heterocycles. The van der Waals surface area contributed by atoms with Gasteiger partial charge in [-0.05, 0) is 31.2 Å². The van der Waals surface area contributed by atoms with Crippen molar-refractivity contribution in [3.63, 3.8) is 0 Å². The van der Waals surface area contributed by atoms with Crippen LogP contribution in [-0.4, -0.2) is 29.5 Å². The van der Waals surface area contributed by atoms with Crippen molar-refractivity contribution in [2.24, 2.45) is 5.92 Å². The van der Waals surface area contributed by atoms with Gasteiger partial charge in [-0.3, -0.25) is 0 Å². The van der Waals surface area contributed by atoms with Crippen LogP contribution in [0.1, 0.15) is 55.1 Å². The molecule has 1 saturated heterocycles. The number of nitriles is 1. The summed E-state index contributed by atoms with van der Waals surface area (Å²) < 4.78 is 0. The molecule has 2 rings (SSSR count). The van der Waals surface area contributed by atoms with Crippen molar-refractivity contribution >= 4 is 11.3 Å². The molecule has 1 aromatic rings. The van der Waals surface area contributed by atoms with E-state index in [0.717, 1.165) is 24.6 Å². The fraction of sp³-hybridized carbons (Fsp3) is 0.750. The molecule has 2 heterocycles. The summed E-state index contributed by atoms with van der Waals surface area (Å²) in [5, 5.41) is 10.1. The summed E-state index contributed by atoms with van der Waals surface area (Å²) in [5.41, 5.74) is 1.14. The van der Waals surface area contributed by atoms with Crippen molar-refractivity contribution in [1.29, 1.82) is 5.26 Å². The highest BCUT2D eigenvalue weighted by Crippen LogP contribution is 2.26. The normalized spacial score (nSPS) is 20.2. The predicted octanol–water partition coefficient (Wildman–Crippen LogP) is 3.61. The molecule has 1 aliphatic rings. The SMILES string of the molecule is CC1CCCN(CCc2nc(C(C)C)c(CC#N)s2)C1. The van der Waals surface area contributed by atoms with Gasteiger partial charge in [-0.1, -0.05) is 20.8 Å². The first-order valence-electron chi connectivity index (χ1n) is 7.68. The van der Waals surface area contributed by atoms with Gasteiger partial charge in [0.1, 0.15) is 0 Å². The van der Waals surface area contributed by atoms with Crippen molar-refractivity contribution in [1.82, 2.24) is 9.88 Å². The first kappa shape index (κ1) is 15.5. The molecule has 3 nitrogen and oxygen atoms in total. The molecule has 0 amide bonds. The molecule has 0 spiro atoms. The topological polar surface area (TPSA) is 39.9 Å². The highest BCUT2D eigenvalue weighted by Gasteiger charge is 2.18. The minimum atomic E-state index is 0.415. The number of hydrogen-bond acceptors (Lipinski definition) is 4. The minimum Gasteiger partial charge on any atom is -0.303 e. The summed E-state index contributed by atoms with van der Waals surface area (Å²) in [6.45, 7) is 10.2. The number of hydrogen-bond donors (Lipinski definition) is 0. The Labute approximate surface area is 126 Å². The molecule has 0 N–H and O–H groups in total. The molecule has 110 valence electrons. The van der Waals surface area contributed by atoms with E-state index in [4.69, 9.17) is 10.2 Å². The second-order valence-corrected chi connectivity index (χ2v) is 7.37. The van der Waals surface area contributed by atoms with Crippen LogP contribution in [0.4, 0.5) is 0 Å². The fourth-order valence-electron chi connectivity index (χ4n) is 2.91. The van der Waals surface area contributed by atoms with Gasteiger partial charge in [-0.25, -0.2) is 4.98 Å². The predicted molar refractivity (Wildman–Crippen MR) is 84.1 cm³/mol. The second kappa shape index (κ2) is 7.19. The van der Waals surface area contributed by atoms with Crippen LogP contribution in [0.5, 0.6) is 0 Å². The molecule has 1 aliphatic heterocycles. The Morgan fingerprint density at radius 2 is 2.30 bits per heavy atom. The molecule has 1 atom stereocenters. The van der Waals surface area contributed by atoms with E-state index in [1.165, 1.54) is 35.8 Å². The van der Waals surface area contributed by atoms with Gasteiger partial charge >= 0.3 is 0 Å². The van der Waals surface area contributed by atoms with Crippen molar-refractivity contribution in [3.05, 3.63) is 15.6 Å². The third kappa shape index (κ3) is 4.04. The summed E-state index contributed by atoms with van der Waals surface area (Å²) >= 11 is 1.74. The largest absolute Gasteiger partial charge is 0.303 e. The van der Waals surface area contributed by atoms with Gasteiger partial charge in [0.25, 0.3) is 0 Å². The van der Waals surface area contributed by atoms with Gasteiger partial charge in [-0.2, -0.15) is 5.26 Å². The van der Waals surface area contributed by atoms with E-state index in [1.807, 2.05) is 0 Å². The molecule has 0 radical (unpaired) electrons. The van der Waals surface area contributed by atoms with Crippen molar-refractivity contribution in [2.45, 2.75) is 52.4 Å². The van der Waals surface area contributed by atoms with Crippen molar-refractivity contribution in [3.8, 4) is 6.07 Å². The van der Waals surface area contributed by atoms with E-state index in [1.54, 1.807) is 11.3 Å². The highest BCUT2D eigenvalue weighted by molar-refractivity contribution is 7.11. The van der Waals surface area contributed by atoms with Crippen LogP contribution in [0.25, 0.3) is 0 Å². The van der Waals surface area contributed by atoms with E-state index in [0.29, 0.717) is 12.3 Å². The second-order valence-electron chi connectivity index (χ2n) is 6.20. The summed E-state index contributed by atoms with van der Waals surface area (Å²) in [5.74, 6) is 1.25. The Morgan fingerprint density at radius 1 is 1.50 bits per heavy atom. The Morgan fingerprint density at radius 3 is 2.95 bits per heavy atom. The Kier molecular flexibility index (Phi) is 5.56. The van der Waals surface area contributed by atoms with Crippen LogP contribution in [-0.2, 0) is 12.8 Å². The zero-order chi connectivity index (χ0) is 14.5. The van der Waals surface area contributed by atoms with Gasteiger partial charge in [-0.15, -0.1) is 11.3 Å². The van der Waals surface area contributed by atoms with Crippen LogP contribution in [0.2, 0.25) is 0 Å². The first-order chi connectivity index (χ1) is 9.60. The van der Waals surface area contributed by atoms with Crippen molar-refractivity contribution < 1.29 is 0 Å². The third-order valence-corrected chi connectivity index (χ3v) is 5.07. The minimum absolute atomic E-state index is 0.415. The van der Waals surface area contributed by atoms with E-state index in [9.17, 15) is 0 Å². The summed E-state index contributed by atoms with van der Waals surface area (Å²) in [4.78, 5) is 8.51. The van der Waals surface area contributed by atoms with Crippen molar-refractivity contribution in [2.75, 3.05) is 19.6 Å². The summed E-state index contributed by atoms with van der Waals surface area (Å²) in [6, 6.07) is 2.26. The fourth-order valence-corrected chi connectivity index (χ4v) is 4.06. The van der Waals surface area contributed by atoms with Crippen LogP contribution in [0, 0.1) is 17.2 Å². The summed E-state index contributed by atoms with van der Waals surface area (Å²) in [6.07, 6.45) is 4.24. The maximum Gasteiger partial charge on any atom is 0.0944 e. The molecule has 1 unspecified atom stereocenters. The first-order valence-corrected chi connectivity index (χ1v) is 8.49. The van der Waals surface area contributed by atoms with E-state index < -0.39 is 0 Å². The molecule has 20 heavy (non-hydrogen) atoms. The molecule has 0 bridgehead atoms. The molecular formula is C16H25N3S. The lowest BCUT2D eigenvalue weighted by Gasteiger charge is -2.30. The highest BCUT2D eigenvalue weighted by atomic mass is 32.1.